The molecule has 2 aromatic rings. The van der Waals surface area contributed by atoms with E-state index in [1.54, 1.807) is 18.4 Å². The van der Waals surface area contributed by atoms with Gasteiger partial charge < -0.3 is 10.1 Å². The van der Waals surface area contributed by atoms with Gasteiger partial charge in [0.1, 0.15) is 10.8 Å². The van der Waals surface area contributed by atoms with Crippen molar-refractivity contribution < 1.29 is 4.74 Å². The number of hydrogen-bond acceptors (Lipinski definition) is 4. The summed E-state index contributed by atoms with van der Waals surface area (Å²) in [5.41, 5.74) is 2.23. The van der Waals surface area contributed by atoms with Gasteiger partial charge in [-0.25, -0.2) is 4.98 Å². The van der Waals surface area contributed by atoms with Gasteiger partial charge in [0.25, 0.3) is 0 Å². The van der Waals surface area contributed by atoms with E-state index in [2.05, 4.69) is 32.2 Å². The van der Waals surface area contributed by atoms with E-state index in [9.17, 15) is 0 Å². The minimum absolute atomic E-state index is 0.354. The summed E-state index contributed by atoms with van der Waals surface area (Å²) in [4.78, 5) is 6.02. The number of rotatable bonds is 6. The Morgan fingerprint density at radius 2 is 2.20 bits per heavy atom. The Labute approximate surface area is 125 Å². The SMILES string of the molecule is CCCNC(C)c1sc(-c2cccc(OC)c2)nc1C. The number of aromatic nitrogens is 1. The van der Waals surface area contributed by atoms with Gasteiger partial charge in [-0.05, 0) is 38.9 Å². The van der Waals surface area contributed by atoms with E-state index in [0.717, 1.165) is 35.0 Å². The van der Waals surface area contributed by atoms with Crippen molar-refractivity contribution in [2.75, 3.05) is 13.7 Å². The number of hydrogen-bond donors (Lipinski definition) is 1. The molecule has 4 heteroatoms. The first kappa shape index (κ1) is 15.0. The third-order valence-corrected chi connectivity index (χ3v) is 4.63. The Kier molecular flexibility index (Phi) is 5.15. The van der Waals surface area contributed by atoms with Crippen LogP contribution in [0.5, 0.6) is 5.75 Å². The molecular formula is C16H22N2OS. The highest BCUT2D eigenvalue weighted by molar-refractivity contribution is 7.15. The maximum Gasteiger partial charge on any atom is 0.124 e. The van der Waals surface area contributed by atoms with Crippen molar-refractivity contribution in [1.29, 1.82) is 0 Å². The van der Waals surface area contributed by atoms with Crippen molar-refractivity contribution in [2.45, 2.75) is 33.2 Å². The molecule has 20 heavy (non-hydrogen) atoms. The standard InChI is InChI=1S/C16H22N2OS/c1-5-9-17-11(2)15-12(3)18-16(20-15)13-7-6-8-14(10-13)19-4/h6-8,10-11,17H,5,9H2,1-4H3. The molecule has 1 atom stereocenters. The van der Waals surface area contributed by atoms with Crippen LogP contribution in [-0.2, 0) is 0 Å². The van der Waals surface area contributed by atoms with E-state index >= 15 is 0 Å². The molecule has 0 aliphatic rings. The summed E-state index contributed by atoms with van der Waals surface area (Å²) in [7, 11) is 1.69. The van der Waals surface area contributed by atoms with E-state index in [4.69, 9.17) is 9.72 Å². The lowest BCUT2D eigenvalue weighted by Gasteiger charge is -2.11. The van der Waals surface area contributed by atoms with Gasteiger partial charge in [-0.3, -0.25) is 0 Å². The topological polar surface area (TPSA) is 34.1 Å². The second-order valence-electron chi connectivity index (χ2n) is 4.88. The zero-order valence-electron chi connectivity index (χ0n) is 12.6. The normalized spacial score (nSPS) is 12.4. The molecule has 0 radical (unpaired) electrons. The predicted molar refractivity (Wildman–Crippen MR) is 85.5 cm³/mol. The number of nitrogens with one attached hydrogen (secondary N) is 1. The zero-order chi connectivity index (χ0) is 14.5. The highest BCUT2D eigenvalue weighted by atomic mass is 32.1. The Morgan fingerprint density at radius 3 is 2.90 bits per heavy atom. The summed E-state index contributed by atoms with van der Waals surface area (Å²) in [6.45, 7) is 7.50. The molecule has 1 N–H and O–H groups in total. The molecule has 1 aromatic carbocycles. The number of thiazole rings is 1. The maximum atomic E-state index is 5.28. The van der Waals surface area contributed by atoms with Gasteiger partial charge in [-0.2, -0.15) is 0 Å². The van der Waals surface area contributed by atoms with E-state index in [0.29, 0.717) is 6.04 Å². The van der Waals surface area contributed by atoms with Crippen molar-refractivity contribution in [3.05, 3.63) is 34.8 Å². The predicted octanol–water partition coefficient (Wildman–Crippen LogP) is 4.19. The average Bonchev–Trinajstić information content (AvgIpc) is 2.87. The molecule has 2 rings (SSSR count). The zero-order valence-corrected chi connectivity index (χ0v) is 13.4. The molecule has 0 saturated heterocycles. The van der Waals surface area contributed by atoms with E-state index in [1.807, 2.05) is 18.2 Å². The number of ether oxygens (including phenoxy) is 1. The lowest BCUT2D eigenvalue weighted by molar-refractivity contribution is 0.415. The Bertz CT molecular complexity index is 565. The van der Waals surface area contributed by atoms with Gasteiger partial charge in [-0.1, -0.05) is 19.1 Å². The fourth-order valence-corrected chi connectivity index (χ4v) is 3.23. The summed E-state index contributed by atoms with van der Waals surface area (Å²) in [5.74, 6) is 0.869. The number of methoxy groups -OCH3 is 1. The van der Waals surface area contributed by atoms with Crippen LogP contribution in [0, 0.1) is 6.92 Å². The van der Waals surface area contributed by atoms with Crippen LogP contribution in [0.2, 0.25) is 0 Å². The quantitative estimate of drug-likeness (QED) is 0.866. The number of aryl methyl sites for hydroxylation is 1. The minimum Gasteiger partial charge on any atom is -0.497 e. The summed E-state index contributed by atoms with van der Waals surface area (Å²) < 4.78 is 5.28. The second-order valence-corrected chi connectivity index (χ2v) is 5.91. The lowest BCUT2D eigenvalue weighted by atomic mass is 10.2. The Morgan fingerprint density at radius 1 is 1.40 bits per heavy atom. The van der Waals surface area contributed by atoms with Gasteiger partial charge in [0.15, 0.2) is 0 Å². The molecule has 0 aliphatic carbocycles. The molecule has 108 valence electrons. The van der Waals surface area contributed by atoms with Crippen molar-refractivity contribution in [3.8, 4) is 16.3 Å². The highest BCUT2D eigenvalue weighted by Crippen LogP contribution is 2.33. The molecule has 0 bridgehead atoms. The van der Waals surface area contributed by atoms with Gasteiger partial charge in [0, 0.05) is 16.5 Å². The van der Waals surface area contributed by atoms with Crippen LogP contribution in [0.1, 0.15) is 36.9 Å². The fourth-order valence-electron chi connectivity index (χ4n) is 2.14. The van der Waals surface area contributed by atoms with Gasteiger partial charge in [0.2, 0.25) is 0 Å². The first-order valence-electron chi connectivity index (χ1n) is 7.00. The fraction of sp³-hybridized carbons (Fsp3) is 0.438. The second kappa shape index (κ2) is 6.86. The van der Waals surface area contributed by atoms with Crippen LogP contribution < -0.4 is 10.1 Å². The average molecular weight is 290 g/mol. The highest BCUT2D eigenvalue weighted by Gasteiger charge is 2.14. The summed E-state index contributed by atoms with van der Waals surface area (Å²) >= 11 is 1.76. The molecule has 0 amide bonds. The first-order valence-corrected chi connectivity index (χ1v) is 7.82. The first-order chi connectivity index (χ1) is 9.65. The summed E-state index contributed by atoms with van der Waals surface area (Å²) in [6, 6.07) is 8.42. The summed E-state index contributed by atoms with van der Waals surface area (Å²) in [6.07, 6.45) is 1.14. The van der Waals surface area contributed by atoms with Crippen LogP contribution in [0.4, 0.5) is 0 Å². The van der Waals surface area contributed by atoms with E-state index < -0.39 is 0 Å². The van der Waals surface area contributed by atoms with E-state index in [1.165, 1.54) is 4.88 Å². The smallest absolute Gasteiger partial charge is 0.124 e. The molecule has 0 spiro atoms. The molecule has 0 aliphatic heterocycles. The van der Waals surface area contributed by atoms with Crippen LogP contribution in [-0.4, -0.2) is 18.6 Å². The monoisotopic (exact) mass is 290 g/mol. The van der Waals surface area contributed by atoms with Crippen LogP contribution in [0.25, 0.3) is 10.6 Å². The molecule has 1 unspecified atom stereocenters. The molecule has 0 fully saturated rings. The van der Waals surface area contributed by atoms with Crippen molar-refractivity contribution in [1.82, 2.24) is 10.3 Å². The molecule has 1 aromatic heterocycles. The molecule has 1 heterocycles. The molecule has 3 nitrogen and oxygen atoms in total. The van der Waals surface area contributed by atoms with Crippen molar-refractivity contribution >= 4 is 11.3 Å². The van der Waals surface area contributed by atoms with Crippen LogP contribution in [0.15, 0.2) is 24.3 Å². The number of nitrogens with zero attached hydrogens (tertiary/aromatic N) is 1. The van der Waals surface area contributed by atoms with Crippen molar-refractivity contribution in [3.63, 3.8) is 0 Å². The maximum absolute atomic E-state index is 5.28. The molecular weight excluding hydrogens is 268 g/mol. The Balaban J connectivity index is 2.25. The van der Waals surface area contributed by atoms with Crippen LogP contribution in [0.3, 0.4) is 0 Å². The third kappa shape index (κ3) is 3.38. The lowest BCUT2D eigenvalue weighted by Crippen LogP contribution is -2.18. The molecule has 0 saturated carbocycles. The summed E-state index contributed by atoms with van der Waals surface area (Å²) in [5, 5.41) is 4.58. The minimum atomic E-state index is 0.354. The van der Waals surface area contributed by atoms with Crippen molar-refractivity contribution in [2.24, 2.45) is 0 Å². The number of benzene rings is 1. The van der Waals surface area contributed by atoms with Gasteiger partial charge in [0.05, 0.1) is 12.8 Å². The van der Waals surface area contributed by atoms with Gasteiger partial charge >= 0.3 is 0 Å². The van der Waals surface area contributed by atoms with Crippen LogP contribution >= 0.6 is 11.3 Å². The largest absolute Gasteiger partial charge is 0.497 e. The van der Waals surface area contributed by atoms with E-state index in [-0.39, 0.29) is 0 Å². The third-order valence-electron chi connectivity index (χ3n) is 3.24. The Hall–Kier alpha value is -1.39. The van der Waals surface area contributed by atoms with Gasteiger partial charge in [-0.15, -0.1) is 11.3 Å².